The minimum absolute atomic E-state index is 0.764. The van der Waals surface area contributed by atoms with Gasteiger partial charge in [-0.25, -0.2) is 0 Å². The molecule has 1 radical (unpaired) electrons. The van der Waals surface area contributed by atoms with E-state index >= 15 is 0 Å². The van der Waals surface area contributed by atoms with Gasteiger partial charge in [-0.2, -0.15) is 0 Å². The average Bonchev–Trinajstić information content (AvgIpc) is 2.26. The molecule has 0 aliphatic carbocycles. The third-order valence-corrected chi connectivity index (χ3v) is 2.24. The van der Waals surface area contributed by atoms with E-state index in [1.165, 1.54) is 7.62 Å². The SMILES string of the molecule is CO[B]Nc1cc(N)c2ccccc2c1. The number of fused-ring (bicyclic) bond motifs is 1. The molecule has 2 rings (SSSR count). The summed E-state index contributed by atoms with van der Waals surface area (Å²) in [5.74, 6) is 0. The van der Waals surface area contributed by atoms with Gasteiger partial charge in [0.2, 0.25) is 0 Å². The van der Waals surface area contributed by atoms with Gasteiger partial charge in [-0.15, -0.1) is 0 Å². The van der Waals surface area contributed by atoms with Gasteiger partial charge in [-0.1, -0.05) is 24.3 Å². The van der Waals surface area contributed by atoms with Crippen molar-refractivity contribution in [2.45, 2.75) is 0 Å². The number of nitrogen functional groups attached to an aromatic ring is 1. The summed E-state index contributed by atoms with van der Waals surface area (Å²) in [7, 11) is 3.11. The van der Waals surface area contributed by atoms with Gasteiger partial charge < -0.3 is 15.6 Å². The Kier molecular flexibility index (Phi) is 2.78. The molecular weight excluding hydrogens is 187 g/mol. The van der Waals surface area contributed by atoms with E-state index in [1.807, 2.05) is 36.4 Å². The van der Waals surface area contributed by atoms with Crippen LogP contribution in [0.1, 0.15) is 0 Å². The van der Waals surface area contributed by atoms with Crippen molar-refractivity contribution in [1.82, 2.24) is 0 Å². The van der Waals surface area contributed by atoms with Crippen LogP contribution in [-0.2, 0) is 4.65 Å². The van der Waals surface area contributed by atoms with Crippen molar-refractivity contribution in [3.8, 4) is 0 Å². The molecule has 0 heterocycles. The summed E-state index contributed by atoms with van der Waals surface area (Å²) in [6, 6.07) is 11.9. The molecule has 2 aromatic rings. The van der Waals surface area contributed by atoms with Crippen molar-refractivity contribution in [2.75, 3.05) is 18.1 Å². The predicted molar refractivity (Wildman–Crippen MR) is 64.7 cm³/mol. The zero-order valence-corrected chi connectivity index (χ0v) is 8.53. The Bertz CT molecular complexity index is 473. The number of hydrogen-bond acceptors (Lipinski definition) is 3. The van der Waals surface area contributed by atoms with E-state index in [4.69, 9.17) is 10.4 Å². The van der Waals surface area contributed by atoms with Gasteiger partial charge in [0.05, 0.1) is 0 Å². The third-order valence-electron chi connectivity index (χ3n) is 2.24. The smallest absolute Gasteiger partial charge is 0.422 e. The second-order valence-electron chi connectivity index (χ2n) is 3.28. The molecule has 15 heavy (non-hydrogen) atoms. The van der Waals surface area contributed by atoms with Gasteiger partial charge in [0.15, 0.2) is 0 Å². The maximum Gasteiger partial charge on any atom is 0.435 e. The van der Waals surface area contributed by atoms with E-state index in [1.54, 1.807) is 7.11 Å². The van der Waals surface area contributed by atoms with Gasteiger partial charge >= 0.3 is 7.62 Å². The number of nitrogens with one attached hydrogen (secondary N) is 1. The van der Waals surface area contributed by atoms with Crippen LogP contribution >= 0.6 is 0 Å². The Morgan fingerprint density at radius 3 is 2.87 bits per heavy atom. The summed E-state index contributed by atoms with van der Waals surface area (Å²) < 4.78 is 4.82. The molecule has 0 aromatic heterocycles. The van der Waals surface area contributed by atoms with E-state index in [-0.39, 0.29) is 0 Å². The normalized spacial score (nSPS) is 10.2. The first kappa shape index (κ1) is 9.86. The van der Waals surface area contributed by atoms with E-state index in [9.17, 15) is 0 Å². The van der Waals surface area contributed by atoms with Crippen LogP contribution in [0.3, 0.4) is 0 Å². The molecule has 0 unspecified atom stereocenters. The Morgan fingerprint density at radius 1 is 1.27 bits per heavy atom. The van der Waals surface area contributed by atoms with Crippen LogP contribution in [0.4, 0.5) is 11.4 Å². The summed E-state index contributed by atoms with van der Waals surface area (Å²) in [4.78, 5) is 0. The van der Waals surface area contributed by atoms with E-state index in [2.05, 4.69) is 5.23 Å². The predicted octanol–water partition coefficient (Wildman–Crippen LogP) is 2.01. The van der Waals surface area contributed by atoms with Crippen LogP contribution in [0.15, 0.2) is 36.4 Å². The van der Waals surface area contributed by atoms with Crippen molar-refractivity contribution >= 4 is 29.8 Å². The van der Waals surface area contributed by atoms with Crippen LogP contribution in [-0.4, -0.2) is 14.7 Å². The maximum atomic E-state index is 5.93. The molecule has 3 nitrogen and oxygen atoms in total. The zero-order valence-electron chi connectivity index (χ0n) is 8.53. The Labute approximate surface area is 89.5 Å². The molecule has 0 aliphatic heterocycles. The van der Waals surface area contributed by atoms with E-state index < -0.39 is 0 Å². The standard InChI is InChI=1S/C11H12BN2O/c1-15-12-14-9-6-8-4-2-3-5-10(8)11(13)7-9/h2-7,14H,13H2,1H3. The molecule has 0 atom stereocenters. The highest BCUT2D eigenvalue weighted by atomic mass is 16.4. The van der Waals surface area contributed by atoms with Crippen LogP contribution in [0.25, 0.3) is 10.8 Å². The van der Waals surface area contributed by atoms with E-state index in [0.717, 1.165) is 22.1 Å². The third kappa shape index (κ3) is 2.05. The van der Waals surface area contributed by atoms with Crippen molar-refractivity contribution in [3.63, 3.8) is 0 Å². The zero-order chi connectivity index (χ0) is 10.7. The molecule has 2 aromatic carbocycles. The summed E-state index contributed by atoms with van der Waals surface area (Å²) in [6.45, 7) is 0. The topological polar surface area (TPSA) is 47.3 Å². The lowest BCUT2D eigenvalue weighted by Gasteiger charge is -2.07. The molecule has 3 N–H and O–H groups in total. The largest absolute Gasteiger partial charge is 0.435 e. The summed E-state index contributed by atoms with van der Waals surface area (Å²) in [5.41, 5.74) is 7.62. The first-order valence-electron chi connectivity index (χ1n) is 4.70. The molecule has 0 aliphatic rings. The lowest BCUT2D eigenvalue weighted by atomic mass is 10.1. The van der Waals surface area contributed by atoms with Crippen LogP contribution in [0.2, 0.25) is 0 Å². The van der Waals surface area contributed by atoms with Gasteiger partial charge in [-0.3, -0.25) is 0 Å². The Balaban J connectivity index is 2.43. The fourth-order valence-corrected chi connectivity index (χ4v) is 1.55. The van der Waals surface area contributed by atoms with Crippen LogP contribution < -0.4 is 11.0 Å². The van der Waals surface area contributed by atoms with Gasteiger partial charge in [0.1, 0.15) is 0 Å². The Morgan fingerprint density at radius 2 is 2.07 bits per heavy atom. The minimum Gasteiger partial charge on any atom is -0.422 e. The first-order chi connectivity index (χ1) is 7.31. The maximum absolute atomic E-state index is 5.93. The molecule has 0 amide bonds. The first-order valence-corrected chi connectivity index (χ1v) is 4.70. The van der Waals surface area contributed by atoms with Gasteiger partial charge in [-0.05, 0) is 17.5 Å². The number of rotatable bonds is 3. The summed E-state index contributed by atoms with van der Waals surface area (Å²) in [6.07, 6.45) is 0. The fourth-order valence-electron chi connectivity index (χ4n) is 1.55. The molecule has 4 heteroatoms. The van der Waals surface area contributed by atoms with E-state index in [0.29, 0.717) is 0 Å². The number of nitrogens with two attached hydrogens (primary N) is 1. The van der Waals surface area contributed by atoms with Crippen LogP contribution in [0, 0.1) is 0 Å². The fraction of sp³-hybridized carbons (Fsp3) is 0.0909. The molecule has 75 valence electrons. The summed E-state index contributed by atoms with van der Waals surface area (Å²) >= 11 is 0. The number of hydrogen-bond donors (Lipinski definition) is 2. The molecule has 0 saturated carbocycles. The van der Waals surface area contributed by atoms with Crippen molar-refractivity contribution < 1.29 is 4.65 Å². The van der Waals surface area contributed by atoms with Crippen molar-refractivity contribution in [2.24, 2.45) is 0 Å². The number of benzene rings is 2. The molecule has 0 spiro atoms. The second kappa shape index (κ2) is 4.23. The van der Waals surface area contributed by atoms with Crippen molar-refractivity contribution in [1.29, 1.82) is 0 Å². The van der Waals surface area contributed by atoms with Crippen molar-refractivity contribution in [3.05, 3.63) is 36.4 Å². The molecular formula is C11H12BN2O. The highest BCUT2D eigenvalue weighted by Gasteiger charge is 2.00. The van der Waals surface area contributed by atoms with Gasteiger partial charge in [0, 0.05) is 23.9 Å². The molecule has 0 bridgehead atoms. The highest BCUT2D eigenvalue weighted by Crippen LogP contribution is 2.25. The lowest BCUT2D eigenvalue weighted by Crippen LogP contribution is -2.08. The molecule has 0 fully saturated rings. The quantitative estimate of drug-likeness (QED) is 0.587. The van der Waals surface area contributed by atoms with Gasteiger partial charge in [0.25, 0.3) is 0 Å². The average molecular weight is 199 g/mol. The monoisotopic (exact) mass is 199 g/mol. The highest BCUT2D eigenvalue weighted by molar-refractivity contribution is 6.32. The van der Waals surface area contributed by atoms with Crippen LogP contribution in [0.5, 0.6) is 0 Å². The second-order valence-corrected chi connectivity index (χ2v) is 3.28. The number of anilines is 2. The Hall–Kier alpha value is -1.68. The molecule has 0 saturated heterocycles. The minimum atomic E-state index is 0.764. The summed E-state index contributed by atoms with van der Waals surface area (Å²) in [5, 5.41) is 5.19. The lowest BCUT2D eigenvalue weighted by molar-refractivity contribution is 0.446.